The minimum absolute atomic E-state index is 0.0604. The summed E-state index contributed by atoms with van der Waals surface area (Å²) in [5, 5.41) is 1.12. The molecule has 0 aliphatic heterocycles. The number of esters is 1. The van der Waals surface area contributed by atoms with E-state index >= 15 is 0 Å². The Bertz CT molecular complexity index is 1090. The molecular formula is C17H15ClN4O3S. The SMILES string of the molecule is CCOC(=O)c1cn(-c2nc(C3CC3)ns2)c2nc(Cl)cc(C)c2c1=O. The van der Waals surface area contributed by atoms with Crippen molar-refractivity contribution in [1.29, 1.82) is 0 Å². The molecule has 0 atom stereocenters. The van der Waals surface area contributed by atoms with Crippen LogP contribution in [-0.4, -0.2) is 31.5 Å². The van der Waals surface area contributed by atoms with Crippen molar-refractivity contribution in [1.82, 2.24) is 18.9 Å². The van der Waals surface area contributed by atoms with Crippen LogP contribution in [0.4, 0.5) is 0 Å². The Kier molecular flexibility index (Phi) is 4.24. The van der Waals surface area contributed by atoms with Gasteiger partial charge in [0.2, 0.25) is 10.6 Å². The summed E-state index contributed by atoms with van der Waals surface area (Å²) in [5.41, 5.74) is 0.501. The standard InChI is InChI=1S/C17H15ClN4O3S/c1-3-25-16(24)10-7-22(17-20-14(21-26-17)9-4-5-9)15-12(13(10)23)8(2)6-11(18)19-15/h6-7,9H,3-5H2,1-2H3. The summed E-state index contributed by atoms with van der Waals surface area (Å²) in [7, 11) is 0. The number of hydrogen-bond acceptors (Lipinski definition) is 7. The van der Waals surface area contributed by atoms with Crippen LogP contribution in [0.25, 0.3) is 16.2 Å². The molecule has 0 unspecified atom stereocenters. The number of hydrogen-bond donors (Lipinski definition) is 0. The van der Waals surface area contributed by atoms with E-state index in [-0.39, 0.29) is 17.3 Å². The number of fused-ring (bicyclic) bond motifs is 1. The van der Waals surface area contributed by atoms with Crippen LogP contribution in [0.1, 0.15) is 47.4 Å². The Hall–Kier alpha value is -2.32. The summed E-state index contributed by atoms with van der Waals surface area (Å²) in [6.07, 6.45) is 3.58. The molecule has 0 aromatic carbocycles. The van der Waals surface area contributed by atoms with Gasteiger partial charge < -0.3 is 4.74 Å². The first kappa shape index (κ1) is 17.1. The van der Waals surface area contributed by atoms with Crippen LogP contribution in [-0.2, 0) is 4.74 Å². The smallest absolute Gasteiger partial charge is 0.343 e. The third-order valence-corrected chi connectivity index (χ3v) is 5.12. The first-order valence-electron chi connectivity index (χ1n) is 8.23. The summed E-state index contributed by atoms with van der Waals surface area (Å²) in [4.78, 5) is 34.0. The molecule has 1 saturated carbocycles. The van der Waals surface area contributed by atoms with Crippen molar-refractivity contribution in [3.05, 3.63) is 44.6 Å². The maximum Gasteiger partial charge on any atom is 0.343 e. The minimum atomic E-state index is -0.672. The zero-order chi connectivity index (χ0) is 18.4. The predicted octanol–water partition coefficient (Wildman–Crippen LogP) is 3.25. The molecule has 3 heterocycles. The number of carbonyl (C=O) groups excluding carboxylic acids is 1. The second kappa shape index (κ2) is 6.44. The molecule has 0 saturated heterocycles. The fourth-order valence-corrected chi connectivity index (χ4v) is 3.76. The molecule has 0 spiro atoms. The third-order valence-electron chi connectivity index (χ3n) is 4.20. The molecule has 26 heavy (non-hydrogen) atoms. The highest BCUT2D eigenvalue weighted by Crippen LogP contribution is 2.39. The van der Waals surface area contributed by atoms with Gasteiger partial charge in [-0.25, -0.2) is 14.8 Å². The fraction of sp³-hybridized carbons (Fsp3) is 0.353. The third kappa shape index (κ3) is 2.89. The monoisotopic (exact) mass is 390 g/mol. The first-order chi connectivity index (χ1) is 12.5. The highest BCUT2D eigenvalue weighted by atomic mass is 35.5. The lowest BCUT2D eigenvalue weighted by atomic mass is 10.1. The van der Waals surface area contributed by atoms with Crippen LogP contribution in [0.5, 0.6) is 0 Å². The molecule has 0 bridgehead atoms. The van der Waals surface area contributed by atoms with E-state index in [1.54, 1.807) is 24.5 Å². The van der Waals surface area contributed by atoms with E-state index < -0.39 is 11.4 Å². The Labute approximate surface area is 157 Å². The van der Waals surface area contributed by atoms with Crippen molar-refractivity contribution in [2.75, 3.05) is 6.61 Å². The van der Waals surface area contributed by atoms with Gasteiger partial charge in [-0.05, 0) is 38.3 Å². The quantitative estimate of drug-likeness (QED) is 0.502. The van der Waals surface area contributed by atoms with Gasteiger partial charge in [0.15, 0.2) is 5.65 Å². The Morgan fingerprint density at radius 2 is 2.19 bits per heavy atom. The molecular weight excluding hydrogens is 376 g/mol. The van der Waals surface area contributed by atoms with E-state index in [1.807, 2.05) is 0 Å². The molecule has 4 rings (SSSR count). The summed E-state index contributed by atoms with van der Waals surface area (Å²) >= 11 is 7.30. The molecule has 0 amide bonds. The molecule has 9 heteroatoms. The van der Waals surface area contributed by atoms with Crippen molar-refractivity contribution in [3.63, 3.8) is 0 Å². The van der Waals surface area contributed by atoms with Gasteiger partial charge in [0.1, 0.15) is 16.5 Å². The van der Waals surface area contributed by atoms with Crippen LogP contribution in [0.3, 0.4) is 0 Å². The average molecular weight is 391 g/mol. The van der Waals surface area contributed by atoms with Crippen molar-refractivity contribution in [2.45, 2.75) is 32.6 Å². The highest BCUT2D eigenvalue weighted by molar-refractivity contribution is 7.08. The Morgan fingerprint density at radius 3 is 2.88 bits per heavy atom. The Balaban J connectivity index is 2.01. The summed E-state index contributed by atoms with van der Waals surface area (Å²) in [6, 6.07) is 1.60. The number of rotatable bonds is 4. The van der Waals surface area contributed by atoms with Gasteiger partial charge in [-0.3, -0.25) is 9.36 Å². The predicted molar refractivity (Wildman–Crippen MR) is 98.5 cm³/mol. The van der Waals surface area contributed by atoms with Gasteiger partial charge in [-0.15, -0.1) is 0 Å². The molecule has 0 radical (unpaired) electrons. The highest BCUT2D eigenvalue weighted by Gasteiger charge is 2.29. The van der Waals surface area contributed by atoms with Gasteiger partial charge in [0, 0.05) is 23.6 Å². The van der Waals surface area contributed by atoms with E-state index in [0.717, 1.165) is 18.7 Å². The first-order valence-corrected chi connectivity index (χ1v) is 9.38. The zero-order valence-electron chi connectivity index (χ0n) is 14.2. The van der Waals surface area contributed by atoms with E-state index in [9.17, 15) is 9.59 Å². The number of halogens is 1. The zero-order valence-corrected chi connectivity index (χ0v) is 15.7. The van der Waals surface area contributed by atoms with Crippen LogP contribution in [0, 0.1) is 6.92 Å². The minimum Gasteiger partial charge on any atom is -0.462 e. The lowest BCUT2D eigenvalue weighted by molar-refractivity contribution is 0.0524. The van der Waals surface area contributed by atoms with Gasteiger partial charge in [-0.1, -0.05) is 11.6 Å². The van der Waals surface area contributed by atoms with Gasteiger partial charge in [-0.2, -0.15) is 4.37 Å². The van der Waals surface area contributed by atoms with Crippen molar-refractivity contribution in [3.8, 4) is 5.13 Å². The summed E-state index contributed by atoms with van der Waals surface area (Å²) in [6.45, 7) is 3.63. The number of aromatic nitrogens is 4. The number of ether oxygens (including phenoxy) is 1. The number of carbonyl (C=O) groups is 1. The van der Waals surface area contributed by atoms with Crippen LogP contribution in [0.2, 0.25) is 5.15 Å². The average Bonchev–Trinajstić information content (AvgIpc) is 3.32. The van der Waals surface area contributed by atoms with Crippen LogP contribution in [0.15, 0.2) is 17.1 Å². The molecule has 1 aliphatic rings. The maximum atomic E-state index is 12.9. The number of aryl methyl sites for hydroxylation is 1. The van der Waals surface area contributed by atoms with Gasteiger partial charge in [0.25, 0.3) is 0 Å². The molecule has 1 aliphatic carbocycles. The second-order valence-electron chi connectivity index (χ2n) is 6.13. The summed E-state index contributed by atoms with van der Waals surface area (Å²) in [5.74, 6) is 0.510. The Morgan fingerprint density at radius 1 is 1.42 bits per heavy atom. The van der Waals surface area contributed by atoms with Gasteiger partial charge >= 0.3 is 5.97 Å². The van der Waals surface area contributed by atoms with Crippen molar-refractivity contribution in [2.24, 2.45) is 0 Å². The van der Waals surface area contributed by atoms with Gasteiger partial charge in [0.05, 0.1) is 12.0 Å². The molecule has 3 aromatic rings. The second-order valence-corrected chi connectivity index (χ2v) is 7.25. The number of pyridine rings is 2. The molecule has 7 nitrogen and oxygen atoms in total. The topological polar surface area (TPSA) is 87.0 Å². The lowest BCUT2D eigenvalue weighted by Gasteiger charge is -2.11. The summed E-state index contributed by atoms with van der Waals surface area (Å²) < 4.78 is 11.0. The molecule has 134 valence electrons. The largest absolute Gasteiger partial charge is 0.462 e. The molecule has 3 aromatic heterocycles. The molecule has 0 N–H and O–H groups in total. The van der Waals surface area contributed by atoms with E-state index in [2.05, 4.69) is 14.3 Å². The fourth-order valence-electron chi connectivity index (χ4n) is 2.79. The maximum absolute atomic E-state index is 12.9. The molecule has 1 fully saturated rings. The lowest BCUT2D eigenvalue weighted by Crippen LogP contribution is -2.21. The van der Waals surface area contributed by atoms with E-state index in [4.69, 9.17) is 16.3 Å². The van der Waals surface area contributed by atoms with Crippen molar-refractivity contribution < 1.29 is 9.53 Å². The van der Waals surface area contributed by atoms with Crippen LogP contribution < -0.4 is 5.43 Å². The van der Waals surface area contributed by atoms with Crippen LogP contribution >= 0.6 is 23.1 Å². The van der Waals surface area contributed by atoms with E-state index in [1.165, 1.54) is 17.7 Å². The van der Waals surface area contributed by atoms with Crippen molar-refractivity contribution >= 4 is 40.1 Å². The van der Waals surface area contributed by atoms with E-state index in [0.29, 0.717) is 27.6 Å². The number of nitrogens with zero attached hydrogens (tertiary/aromatic N) is 4. The normalized spacial score (nSPS) is 14.0.